The zero-order valence-corrected chi connectivity index (χ0v) is 11.2. The van der Waals surface area contributed by atoms with Crippen LogP contribution in [0.2, 0.25) is 5.28 Å². The average Bonchev–Trinajstić information content (AvgIpc) is 2.36. The second kappa shape index (κ2) is 5.28. The number of nitro groups is 1. The van der Waals surface area contributed by atoms with E-state index in [0.29, 0.717) is 0 Å². The van der Waals surface area contributed by atoms with Gasteiger partial charge in [-0.1, -0.05) is 12.1 Å². The molecule has 1 aromatic carbocycles. The molecule has 21 heavy (non-hydrogen) atoms. The summed E-state index contributed by atoms with van der Waals surface area (Å²) < 4.78 is 37.5. The third-order valence-corrected chi connectivity index (χ3v) is 2.87. The normalized spacial score (nSPS) is 11.5. The van der Waals surface area contributed by atoms with Gasteiger partial charge >= 0.3 is 11.9 Å². The minimum atomic E-state index is -4.48. The first kappa shape index (κ1) is 15.2. The van der Waals surface area contributed by atoms with E-state index >= 15 is 0 Å². The quantitative estimate of drug-likeness (QED) is 0.476. The fraction of sp³-hybridized carbons (Fsp3) is 0.167. The van der Waals surface area contributed by atoms with Crippen LogP contribution in [0.3, 0.4) is 0 Å². The standard InChI is InChI=1S/C12H7ClF3N3O2/c1-6-10(19(20)21)9(18-11(13)17-6)7-2-4-8(5-3-7)12(14,15)16/h2-5H,1H3. The Balaban J connectivity index is 2.59. The molecule has 0 saturated carbocycles. The van der Waals surface area contributed by atoms with Gasteiger partial charge in [-0.3, -0.25) is 10.1 Å². The fourth-order valence-electron chi connectivity index (χ4n) is 1.77. The maximum Gasteiger partial charge on any atom is 0.416 e. The first-order valence-electron chi connectivity index (χ1n) is 5.56. The third kappa shape index (κ3) is 3.10. The van der Waals surface area contributed by atoms with Crippen LogP contribution in [-0.2, 0) is 6.18 Å². The summed E-state index contributed by atoms with van der Waals surface area (Å²) in [5.41, 5.74) is -1.17. The number of aromatic nitrogens is 2. The Morgan fingerprint density at radius 2 is 1.76 bits per heavy atom. The lowest BCUT2D eigenvalue weighted by molar-refractivity contribution is -0.385. The summed E-state index contributed by atoms with van der Waals surface area (Å²) in [6.45, 7) is 1.37. The summed E-state index contributed by atoms with van der Waals surface area (Å²) >= 11 is 5.66. The van der Waals surface area contributed by atoms with Crippen molar-refractivity contribution in [1.82, 2.24) is 9.97 Å². The van der Waals surface area contributed by atoms with Gasteiger partial charge in [-0.15, -0.1) is 0 Å². The Morgan fingerprint density at radius 1 is 1.19 bits per heavy atom. The van der Waals surface area contributed by atoms with Crippen molar-refractivity contribution in [3.8, 4) is 11.3 Å². The second-order valence-electron chi connectivity index (χ2n) is 4.11. The van der Waals surface area contributed by atoms with Gasteiger partial charge in [0.05, 0.1) is 10.5 Å². The van der Waals surface area contributed by atoms with Crippen LogP contribution in [0, 0.1) is 17.0 Å². The van der Waals surface area contributed by atoms with Gasteiger partial charge in [0.1, 0.15) is 5.69 Å². The molecule has 0 fully saturated rings. The largest absolute Gasteiger partial charge is 0.416 e. The molecule has 110 valence electrons. The molecule has 0 N–H and O–H groups in total. The highest BCUT2D eigenvalue weighted by molar-refractivity contribution is 6.28. The summed E-state index contributed by atoms with van der Waals surface area (Å²) in [5, 5.41) is 10.8. The number of benzene rings is 1. The molecular formula is C12H7ClF3N3O2. The van der Waals surface area contributed by atoms with Gasteiger partial charge in [0.15, 0.2) is 5.69 Å². The van der Waals surface area contributed by atoms with Crippen molar-refractivity contribution in [3.05, 3.63) is 50.9 Å². The predicted octanol–water partition coefficient (Wildman–Crippen LogP) is 4.03. The first-order chi connectivity index (χ1) is 9.70. The van der Waals surface area contributed by atoms with Crippen molar-refractivity contribution >= 4 is 17.3 Å². The van der Waals surface area contributed by atoms with E-state index in [1.807, 2.05) is 0 Å². The van der Waals surface area contributed by atoms with Crippen LogP contribution >= 0.6 is 11.6 Å². The van der Waals surface area contributed by atoms with Crippen molar-refractivity contribution < 1.29 is 18.1 Å². The van der Waals surface area contributed by atoms with E-state index in [4.69, 9.17) is 11.6 Å². The van der Waals surface area contributed by atoms with Gasteiger partial charge in [0.25, 0.3) is 0 Å². The smallest absolute Gasteiger partial charge is 0.258 e. The van der Waals surface area contributed by atoms with Crippen molar-refractivity contribution in [1.29, 1.82) is 0 Å². The van der Waals surface area contributed by atoms with Crippen molar-refractivity contribution in [3.63, 3.8) is 0 Å². The van der Waals surface area contributed by atoms with Crippen LogP contribution < -0.4 is 0 Å². The van der Waals surface area contributed by atoms with Crippen LogP contribution in [0.15, 0.2) is 24.3 Å². The van der Waals surface area contributed by atoms with E-state index in [2.05, 4.69) is 9.97 Å². The molecule has 0 aliphatic rings. The lowest BCUT2D eigenvalue weighted by Crippen LogP contribution is -2.05. The highest BCUT2D eigenvalue weighted by Gasteiger charge is 2.30. The molecule has 2 aromatic rings. The molecule has 1 aromatic heterocycles. The zero-order valence-electron chi connectivity index (χ0n) is 10.5. The molecule has 0 atom stereocenters. The first-order valence-corrected chi connectivity index (χ1v) is 5.94. The SMILES string of the molecule is Cc1nc(Cl)nc(-c2ccc(C(F)(F)F)cc2)c1[N+](=O)[O-]. The van der Waals surface area contributed by atoms with Gasteiger partial charge in [0, 0.05) is 5.56 Å². The Bertz CT molecular complexity index is 702. The molecule has 0 radical (unpaired) electrons. The minimum absolute atomic E-state index is 0.0369. The molecule has 0 aliphatic heterocycles. The van der Waals surface area contributed by atoms with Crippen molar-refractivity contribution in [2.45, 2.75) is 13.1 Å². The van der Waals surface area contributed by atoms with Crippen molar-refractivity contribution in [2.24, 2.45) is 0 Å². The third-order valence-electron chi connectivity index (χ3n) is 2.70. The highest BCUT2D eigenvalue weighted by Crippen LogP contribution is 2.34. The van der Waals surface area contributed by atoms with Gasteiger partial charge in [-0.25, -0.2) is 9.97 Å². The molecule has 9 heteroatoms. The Morgan fingerprint density at radius 3 is 2.24 bits per heavy atom. The molecule has 0 bridgehead atoms. The van der Waals surface area contributed by atoms with Crippen LogP contribution in [0.25, 0.3) is 11.3 Å². The van der Waals surface area contributed by atoms with Crippen LogP contribution in [0.1, 0.15) is 11.3 Å². The van der Waals surface area contributed by atoms with Gasteiger partial charge in [0.2, 0.25) is 5.28 Å². The highest BCUT2D eigenvalue weighted by atomic mass is 35.5. The van der Waals surface area contributed by atoms with Crippen LogP contribution in [0.5, 0.6) is 0 Å². The number of rotatable bonds is 2. The molecule has 1 heterocycles. The van der Waals surface area contributed by atoms with E-state index in [1.165, 1.54) is 6.92 Å². The number of alkyl halides is 3. The fourth-order valence-corrected chi connectivity index (χ4v) is 1.98. The van der Waals surface area contributed by atoms with Gasteiger partial charge in [-0.05, 0) is 30.7 Å². The van der Waals surface area contributed by atoms with E-state index < -0.39 is 16.7 Å². The van der Waals surface area contributed by atoms with Gasteiger partial charge < -0.3 is 0 Å². The second-order valence-corrected chi connectivity index (χ2v) is 4.45. The predicted molar refractivity (Wildman–Crippen MR) is 68.9 cm³/mol. The number of aryl methyl sites for hydroxylation is 1. The summed E-state index contributed by atoms with van der Waals surface area (Å²) in [7, 11) is 0. The number of nitrogens with zero attached hydrogens (tertiary/aromatic N) is 3. The Hall–Kier alpha value is -2.22. The average molecular weight is 318 g/mol. The summed E-state index contributed by atoms with van der Waals surface area (Å²) in [6.07, 6.45) is -4.48. The van der Waals surface area contributed by atoms with Gasteiger partial charge in [-0.2, -0.15) is 13.2 Å². The topological polar surface area (TPSA) is 68.9 Å². The lowest BCUT2D eigenvalue weighted by Gasteiger charge is -2.08. The van der Waals surface area contributed by atoms with E-state index in [9.17, 15) is 23.3 Å². The van der Waals surface area contributed by atoms with Crippen LogP contribution in [-0.4, -0.2) is 14.9 Å². The number of hydrogen-bond donors (Lipinski definition) is 0. The van der Waals surface area contributed by atoms with E-state index in [1.54, 1.807) is 0 Å². The van der Waals surface area contributed by atoms with E-state index in [-0.39, 0.29) is 27.9 Å². The molecular weight excluding hydrogens is 311 g/mol. The molecule has 2 rings (SSSR count). The summed E-state index contributed by atoms with van der Waals surface area (Å²) in [6, 6.07) is 3.86. The lowest BCUT2D eigenvalue weighted by atomic mass is 10.1. The Labute approximate surface area is 121 Å². The molecule has 0 aliphatic carbocycles. The summed E-state index contributed by atoms with van der Waals surface area (Å²) in [4.78, 5) is 17.8. The molecule has 0 unspecified atom stereocenters. The number of halogens is 4. The maximum atomic E-state index is 12.5. The minimum Gasteiger partial charge on any atom is -0.258 e. The van der Waals surface area contributed by atoms with E-state index in [0.717, 1.165) is 24.3 Å². The summed E-state index contributed by atoms with van der Waals surface area (Å²) in [5.74, 6) is 0. The maximum absolute atomic E-state index is 12.5. The molecule has 0 amide bonds. The number of hydrogen-bond acceptors (Lipinski definition) is 4. The van der Waals surface area contributed by atoms with Crippen molar-refractivity contribution in [2.75, 3.05) is 0 Å². The zero-order chi connectivity index (χ0) is 15.8. The van der Waals surface area contributed by atoms with Crippen LogP contribution in [0.4, 0.5) is 18.9 Å². The molecule has 5 nitrogen and oxygen atoms in total. The monoisotopic (exact) mass is 317 g/mol. The molecule has 0 spiro atoms. The molecule has 0 saturated heterocycles. The Kier molecular flexibility index (Phi) is 3.82.